The number of hydrogen-bond acceptors (Lipinski definition) is 3. The van der Waals surface area contributed by atoms with Crippen molar-refractivity contribution >= 4 is 23.5 Å². The van der Waals surface area contributed by atoms with Gasteiger partial charge in [-0.2, -0.15) is 13.2 Å². The van der Waals surface area contributed by atoms with Crippen molar-refractivity contribution in [1.29, 1.82) is 0 Å². The molecule has 0 saturated carbocycles. The number of rotatable bonds is 8. The lowest BCUT2D eigenvalue weighted by Gasteiger charge is -2.14. The highest BCUT2D eigenvalue weighted by Crippen LogP contribution is 2.34. The van der Waals surface area contributed by atoms with Crippen molar-refractivity contribution in [2.24, 2.45) is 5.92 Å². The van der Waals surface area contributed by atoms with Crippen LogP contribution in [-0.2, 0) is 15.8 Å². The van der Waals surface area contributed by atoms with Gasteiger partial charge >= 0.3 is 6.18 Å². The number of carbonyl (C=O) groups is 2. The van der Waals surface area contributed by atoms with E-state index in [0.717, 1.165) is 18.6 Å². The number of halogens is 3. The molecule has 1 N–H and O–H groups in total. The third kappa shape index (κ3) is 6.76. The molecule has 4 nitrogen and oxygen atoms in total. The van der Waals surface area contributed by atoms with Gasteiger partial charge in [0.15, 0.2) is 5.78 Å². The Morgan fingerprint density at radius 3 is 2.27 bits per heavy atom. The van der Waals surface area contributed by atoms with Gasteiger partial charge < -0.3 is 10.1 Å². The highest BCUT2D eigenvalue weighted by atomic mass is 19.4. The standard InChI is InChI=1S/C23H24F3NO3/c1-15(2)12-13-30-18-10-8-17(9-11-18)14-19(16(3)28)22(29)27-21-7-5-4-6-20(21)23(24,25)26/h4-11,14-15H,12-13H2,1-3H3,(H,27,29)/b19-14+. The van der Waals surface area contributed by atoms with E-state index in [1.165, 1.54) is 25.1 Å². The molecule has 2 rings (SSSR count). The van der Waals surface area contributed by atoms with E-state index in [2.05, 4.69) is 19.2 Å². The van der Waals surface area contributed by atoms with E-state index in [0.29, 0.717) is 23.8 Å². The lowest BCUT2D eigenvalue weighted by molar-refractivity contribution is -0.137. The Bertz CT molecular complexity index is 916. The molecule has 160 valence electrons. The van der Waals surface area contributed by atoms with E-state index in [4.69, 9.17) is 4.74 Å². The molecule has 0 saturated heterocycles. The molecule has 0 aromatic heterocycles. The second-order valence-corrected chi connectivity index (χ2v) is 7.21. The molecule has 0 fully saturated rings. The molecule has 0 bridgehead atoms. The number of Topliss-reactive ketones (excluding diaryl/α,β-unsaturated/α-hetero) is 1. The molecular formula is C23H24F3NO3. The molecule has 0 aliphatic rings. The second kappa shape index (κ2) is 10.1. The van der Waals surface area contributed by atoms with Crippen molar-refractivity contribution in [3.05, 3.63) is 65.2 Å². The summed E-state index contributed by atoms with van der Waals surface area (Å²) in [6.07, 6.45) is -2.38. The summed E-state index contributed by atoms with van der Waals surface area (Å²) >= 11 is 0. The van der Waals surface area contributed by atoms with Crippen molar-refractivity contribution in [3.8, 4) is 5.75 Å². The largest absolute Gasteiger partial charge is 0.494 e. The first kappa shape index (κ1) is 23.2. The first-order valence-electron chi connectivity index (χ1n) is 9.51. The first-order valence-corrected chi connectivity index (χ1v) is 9.51. The first-order chi connectivity index (χ1) is 14.1. The molecular weight excluding hydrogens is 395 g/mol. The zero-order chi connectivity index (χ0) is 22.3. The van der Waals surface area contributed by atoms with Crippen molar-refractivity contribution in [1.82, 2.24) is 0 Å². The Morgan fingerprint density at radius 2 is 1.70 bits per heavy atom. The quantitative estimate of drug-likeness (QED) is 0.337. The smallest absolute Gasteiger partial charge is 0.418 e. The minimum Gasteiger partial charge on any atom is -0.494 e. The molecule has 0 heterocycles. The van der Waals surface area contributed by atoms with Crippen LogP contribution in [0.15, 0.2) is 54.1 Å². The van der Waals surface area contributed by atoms with Crippen molar-refractivity contribution in [2.45, 2.75) is 33.4 Å². The summed E-state index contributed by atoms with van der Waals surface area (Å²) in [7, 11) is 0. The zero-order valence-corrected chi connectivity index (χ0v) is 17.0. The number of amides is 1. The molecule has 0 aliphatic heterocycles. The van der Waals surface area contributed by atoms with Gasteiger partial charge in [0.2, 0.25) is 0 Å². The third-order valence-corrected chi connectivity index (χ3v) is 4.26. The van der Waals surface area contributed by atoms with Crippen LogP contribution in [0.2, 0.25) is 0 Å². The topological polar surface area (TPSA) is 55.4 Å². The Kier molecular flexibility index (Phi) is 7.80. The highest BCUT2D eigenvalue weighted by Gasteiger charge is 2.33. The van der Waals surface area contributed by atoms with E-state index in [1.54, 1.807) is 24.3 Å². The average molecular weight is 419 g/mol. The summed E-state index contributed by atoms with van der Waals surface area (Å²) < 4.78 is 45.0. The molecule has 1 amide bonds. The van der Waals surface area contributed by atoms with Crippen LogP contribution in [0, 0.1) is 5.92 Å². The second-order valence-electron chi connectivity index (χ2n) is 7.21. The van der Waals surface area contributed by atoms with Crippen LogP contribution in [-0.4, -0.2) is 18.3 Å². The molecule has 2 aromatic rings. The number of ketones is 1. The number of anilines is 1. The number of para-hydroxylation sites is 1. The van der Waals surface area contributed by atoms with E-state index < -0.39 is 29.1 Å². The van der Waals surface area contributed by atoms with Gasteiger partial charge in [0.1, 0.15) is 5.75 Å². The monoisotopic (exact) mass is 419 g/mol. The van der Waals surface area contributed by atoms with Gasteiger partial charge in [-0.3, -0.25) is 9.59 Å². The van der Waals surface area contributed by atoms with E-state index in [9.17, 15) is 22.8 Å². The van der Waals surface area contributed by atoms with Gasteiger partial charge in [-0.05, 0) is 55.2 Å². The molecule has 0 unspecified atom stereocenters. The minimum atomic E-state index is -4.63. The van der Waals surface area contributed by atoms with Crippen LogP contribution in [0.3, 0.4) is 0 Å². The maximum absolute atomic E-state index is 13.1. The Balaban J connectivity index is 2.19. The predicted molar refractivity (Wildman–Crippen MR) is 110 cm³/mol. The van der Waals surface area contributed by atoms with Gasteiger partial charge in [0.05, 0.1) is 23.4 Å². The van der Waals surface area contributed by atoms with Crippen molar-refractivity contribution < 1.29 is 27.5 Å². The molecule has 0 atom stereocenters. The minimum absolute atomic E-state index is 0.250. The highest BCUT2D eigenvalue weighted by molar-refractivity contribution is 6.25. The Labute approximate surface area is 173 Å². The fraction of sp³-hybridized carbons (Fsp3) is 0.304. The Morgan fingerprint density at radius 1 is 1.07 bits per heavy atom. The van der Waals surface area contributed by atoms with Crippen LogP contribution in [0.1, 0.15) is 38.3 Å². The molecule has 30 heavy (non-hydrogen) atoms. The van der Waals surface area contributed by atoms with Crippen LogP contribution < -0.4 is 10.1 Å². The lowest BCUT2D eigenvalue weighted by Crippen LogP contribution is -2.21. The fourth-order valence-corrected chi connectivity index (χ4v) is 2.60. The van der Waals surface area contributed by atoms with Crippen molar-refractivity contribution in [3.63, 3.8) is 0 Å². The van der Waals surface area contributed by atoms with E-state index >= 15 is 0 Å². The maximum Gasteiger partial charge on any atom is 0.418 e. The maximum atomic E-state index is 13.1. The summed E-state index contributed by atoms with van der Waals surface area (Å²) in [5.41, 5.74) is -1.09. The zero-order valence-electron chi connectivity index (χ0n) is 17.0. The SMILES string of the molecule is CC(=O)/C(=C\c1ccc(OCCC(C)C)cc1)C(=O)Nc1ccccc1C(F)(F)F. The molecule has 0 aliphatic carbocycles. The molecule has 7 heteroatoms. The van der Waals surface area contributed by atoms with Crippen LogP contribution >= 0.6 is 0 Å². The number of carbonyl (C=O) groups excluding carboxylic acids is 2. The lowest BCUT2D eigenvalue weighted by atomic mass is 10.1. The molecule has 0 radical (unpaired) electrons. The summed E-state index contributed by atoms with van der Waals surface area (Å²) in [4.78, 5) is 24.5. The fourth-order valence-electron chi connectivity index (χ4n) is 2.60. The number of hydrogen-bond donors (Lipinski definition) is 1. The van der Waals surface area contributed by atoms with Crippen molar-refractivity contribution in [2.75, 3.05) is 11.9 Å². The summed E-state index contributed by atoms with van der Waals surface area (Å²) in [5, 5.41) is 2.20. The summed E-state index contributed by atoms with van der Waals surface area (Å²) in [5.74, 6) is -0.294. The van der Waals surface area contributed by atoms with Gasteiger partial charge in [0.25, 0.3) is 5.91 Å². The third-order valence-electron chi connectivity index (χ3n) is 4.26. The van der Waals surface area contributed by atoms with Crippen LogP contribution in [0.25, 0.3) is 6.08 Å². The normalized spacial score (nSPS) is 12.0. The van der Waals surface area contributed by atoms with E-state index in [1.807, 2.05) is 0 Å². The molecule has 0 spiro atoms. The number of ether oxygens (including phenoxy) is 1. The number of nitrogens with one attached hydrogen (secondary N) is 1. The number of alkyl halides is 3. The van der Waals surface area contributed by atoms with Crippen LogP contribution in [0.4, 0.5) is 18.9 Å². The Hall–Kier alpha value is -3.09. The van der Waals surface area contributed by atoms with E-state index in [-0.39, 0.29) is 5.57 Å². The average Bonchev–Trinajstić information content (AvgIpc) is 2.66. The van der Waals surface area contributed by atoms with Gasteiger partial charge in [-0.25, -0.2) is 0 Å². The van der Waals surface area contributed by atoms with Gasteiger partial charge in [0, 0.05) is 0 Å². The summed E-state index contributed by atoms with van der Waals surface area (Å²) in [6.45, 7) is 5.95. The van der Waals surface area contributed by atoms with Crippen LogP contribution in [0.5, 0.6) is 5.75 Å². The van der Waals surface area contributed by atoms with Gasteiger partial charge in [-0.1, -0.05) is 38.1 Å². The molecule has 2 aromatic carbocycles. The summed E-state index contributed by atoms with van der Waals surface area (Å²) in [6, 6.07) is 11.4. The predicted octanol–water partition coefficient (Wildman–Crippen LogP) is 5.74. The number of benzene rings is 2. The van der Waals surface area contributed by atoms with Gasteiger partial charge in [-0.15, -0.1) is 0 Å².